The van der Waals surface area contributed by atoms with Crippen LogP contribution in [0.4, 0.5) is 0 Å². The van der Waals surface area contributed by atoms with Crippen molar-refractivity contribution in [3.8, 4) is 51.5 Å². The van der Waals surface area contributed by atoms with Gasteiger partial charge in [0.05, 0.1) is 0 Å². The van der Waals surface area contributed by atoms with Gasteiger partial charge >= 0.3 is 41.5 Å². The molecule has 0 fully saturated rings. The largest absolute Gasteiger partial charge is 2.00 e. The third-order valence-electron chi connectivity index (χ3n) is 9.22. The van der Waals surface area contributed by atoms with Gasteiger partial charge in [-0.1, -0.05) is 97.1 Å². The van der Waals surface area contributed by atoms with Crippen LogP contribution in [-0.2, 0) is 41.5 Å². The second-order valence-electron chi connectivity index (χ2n) is 13.8. The number of nitrogens with zero attached hydrogens (tertiary/aromatic N) is 5. The molecule has 0 radical (unpaired) electrons. The van der Waals surface area contributed by atoms with Crippen LogP contribution in [0.5, 0.6) is 23.0 Å². The van der Waals surface area contributed by atoms with E-state index in [2.05, 4.69) is 122 Å². The molecule has 8 rings (SSSR count). The summed E-state index contributed by atoms with van der Waals surface area (Å²) in [6.07, 6.45) is 7.08. The van der Waals surface area contributed by atoms with Crippen molar-refractivity contribution in [2.75, 3.05) is 0 Å². The van der Waals surface area contributed by atoms with Gasteiger partial charge in [-0.2, -0.15) is 22.9 Å². The molecule has 4 aromatic heterocycles. The van der Waals surface area contributed by atoms with Crippen LogP contribution in [0.2, 0.25) is 0 Å². The molecule has 7 nitrogen and oxygen atoms in total. The van der Waals surface area contributed by atoms with E-state index < -0.39 is 0 Å². The molecule has 0 amide bonds. The Hall–Kier alpha value is -4.99. The van der Waals surface area contributed by atoms with Crippen molar-refractivity contribution in [1.29, 1.82) is 0 Å². The van der Waals surface area contributed by atoms with Crippen LogP contribution in [0.15, 0.2) is 104 Å². The van der Waals surface area contributed by atoms with E-state index in [1.165, 1.54) is 0 Å². The number of pyridine rings is 2. The fourth-order valence-corrected chi connectivity index (χ4v) is 6.49. The van der Waals surface area contributed by atoms with Crippen LogP contribution in [0.25, 0.3) is 50.3 Å². The third-order valence-corrected chi connectivity index (χ3v) is 9.22. The maximum atomic E-state index is 6.61. The number of ether oxygens (including phenoxy) is 2. The van der Waals surface area contributed by atoms with Gasteiger partial charge in [0.2, 0.25) is 5.95 Å². The Balaban J connectivity index is 0.00000257. The zero-order valence-corrected chi connectivity index (χ0v) is 35.0. The topological polar surface area (TPSA) is 75.0 Å². The Morgan fingerprint density at radius 2 is 1.00 bits per heavy atom. The van der Waals surface area contributed by atoms with Crippen molar-refractivity contribution >= 4 is 21.8 Å². The van der Waals surface area contributed by atoms with Crippen molar-refractivity contribution in [3.63, 3.8) is 0 Å². The van der Waals surface area contributed by atoms with E-state index in [4.69, 9.17) is 9.47 Å². The summed E-state index contributed by atoms with van der Waals surface area (Å²) in [6, 6.07) is 40.2. The van der Waals surface area contributed by atoms with Crippen LogP contribution in [0, 0.1) is 38.1 Å². The minimum Gasteiger partial charge on any atom is -0.503 e. The first-order chi connectivity index (χ1) is 25.7. The van der Waals surface area contributed by atoms with Gasteiger partial charge < -0.3 is 24.0 Å². The molecule has 0 saturated carbocycles. The van der Waals surface area contributed by atoms with Gasteiger partial charge in [-0.3, -0.25) is 0 Å². The standard InChI is InChI=1S/C46H37N5O2.Pd.Pt/c1-28(2)36-12-8-32(40-22-30(5)16-20-47-40)24-44(36)52-34-10-14-38-39-15-11-35(27-43(39)51(42(38)26-34)46-49-18-7-19-50-46)53-45-25-33(9-13-37(45)29(3)4)41-23-31(6)17-21-48-41;;/h7-23,28-29H,1-6H3;;/q-4;2*+2. The molecule has 4 heterocycles. The molecule has 0 atom stereocenters. The minimum absolute atomic E-state index is 0. The second-order valence-corrected chi connectivity index (χ2v) is 13.8. The predicted molar refractivity (Wildman–Crippen MR) is 209 cm³/mol. The van der Waals surface area contributed by atoms with Crippen LogP contribution in [0.1, 0.15) is 61.8 Å². The summed E-state index contributed by atoms with van der Waals surface area (Å²) in [7, 11) is 0. The van der Waals surface area contributed by atoms with Gasteiger partial charge in [0, 0.05) is 47.8 Å². The van der Waals surface area contributed by atoms with E-state index >= 15 is 0 Å². The average molecular weight is 993 g/mol. The molecule has 0 N–H and O–H groups in total. The molecule has 0 saturated heterocycles. The summed E-state index contributed by atoms with van der Waals surface area (Å²) in [5.41, 5.74) is 9.25. The van der Waals surface area contributed by atoms with E-state index in [0.717, 1.165) is 66.6 Å². The quantitative estimate of drug-likeness (QED) is 0.106. The van der Waals surface area contributed by atoms with Gasteiger partial charge in [0.25, 0.3) is 0 Å². The Morgan fingerprint density at radius 1 is 0.545 bits per heavy atom. The summed E-state index contributed by atoms with van der Waals surface area (Å²) < 4.78 is 15.2. The fraction of sp³-hybridized carbons (Fsp3) is 0.174. The maximum Gasteiger partial charge on any atom is 2.00 e. The zero-order chi connectivity index (χ0) is 36.6. The molecule has 0 spiro atoms. The molecule has 9 heteroatoms. The Morgan fingerprint density at radius 3 is 1.42 bits per heavy atom. The molecule has 8 aromatic rings. The van der Waals surface area contributed by atoms with Crippen molar-refractivity contribution in [1.82, 2.24) is 24.5 Å². The SMILES string of the molecule is Cc1ccnc(-c2[c-]c(Oc3[c-]c4c(cc3)c3ccc(Oc5[c-]c(-c6cc(C)ccn6)ccc5C(C)C)[c-]c3n4-c3ncccn3)c(C(C)C)cc2)c1.[Pd+2].[Pt+2]. The first-order valence-corrected chi connectivity index (χ1v) is 17.8. The number of hydrogen-bond acceptors (Lipinski definition) is 6. The van der Waals surface area contributed by atoms with E-state index in [1.807, 2.05) is 53.4 Å². The molecule has 0 aliphatic carbocycles. The molecule has 55 heavy (non-hydrogen) atoms. The van der Waals surface area contributed by atoms with Gasteiger partial charge in [0.1, 0.15) is 0 Å². The minimum atomic E-state index is 0. The van der Waals surface area contributed by atoms with Crippen molar-refractivity contribution in [3.05, 3.63) is 150 Å². The molecular weight excluding hydrogens is 956 g/mol. The molecule has 0 aliphatic rings. The van der Waals surface area contributed by atoms with Gasteiger partial charge in [0.15, 0.2) is 0 Å². The van der Waals surface area contributed by atoms with E-state index in [9.17, 15) is 0 Å². The molecular formula is C46H37N5O2PdPt. The zero-order valence-electron chi connectivity index (χ0n) is 31.2. The van der Waals surface area contributed by atoms with Crippen molar-refractivity contribution < 1.29 is 51.0 Å². The summed E-state index contributed by atoms with van der Waals surface area (Å²) in [4.78, 5) is 18.4. The number of aromatic nitrogens is 5. The average Bonchev–Trinajstić information content (AvgIpc) is 3.47. The van der Waals surface area contributed by atoms with Crippen molar-refractivity contribution in [2.24, 2.45) is 0 Å². The van der Waals surface area contributed by atoms with Gasteiger partial charge in [-0.15, -0.1) is 59.7 Å². The van der Waals surface area contributed by atoms with Gasteiger partial charge in [-0.25, -0.2) is 9.97 Å². The Kier molecular flexibility index (Phi) is 12.1. The Bertz CT molecular complexity index is 2460. The first-order valence-electron chi connectivity index (χ1n) is 17.8. The normalized spacial score (nSPS) is 11.1. The van der Waals surface area contributed by atoms with E-state index in [-0.39, 0.29) is 53.3 Å². The third kappa shape index (κ3) is 8.19. The molecule has 0 bridgehead atoms. The molecule has 0 unspecified atom stereocenters. The summed E-state index contributed by atoms with van der Waals surface area (Å²) >= 11 is 0. The summed E-state index contributed by atoms with van der Waals surface area (Å²) in [5, 5.41) is 1.91. The fourth-order valence-electron chi connectivity index (χ4n) is 6.49. The van der Waals surface area contributed by atoms with Crippen LogP contribution in [-0.4, -0.2) is 24.5 Å². The summed E-state index contributed by atoms with van der Waals surface area (Å²) in [5.74, 6) is 3.26. The smallest absolute Gasteiger partial charge is 0.503 e. The molecule has 0 aliphatic heterocycles. The Labute approximate surface area is 350 Å². The molecule has 278 valence electrons. The van der Waals surface area contributed by atoms with Crippen molar-refractivity contribution in [2.45, 2.75) is 53.4 Å². The first kappa shape index (κ1) is 39.7. The van der Waals surface area contributed by atoms with Crippen LogP contribution < -0.4 is 9.47 Å². The monoisotopic (exact) mass is 992 g/mol. The van der Waals surface area contributed by atoms with E-state index in [0.29, 0.717) is 28.9 Å². The molecule has 4 aromatic carbocycles. The number of benzene rings is 4. The van der Waals surface area contributed by atoms with Crippen LogP contribution >= 0.6 is 0 Å². The number of aryl methyl sites for hydroxylation is 2. The maximum absolute atomic E-state index is 6.61. The summed E-state index contributed by atoms with van der Waals surface area (Å²) in [6.45, 7) is 12.7. The van der Waals surface area contributed by atoms with E-state index in [1.54, 1.807) is 18.5 Å². The number of fused-ring (bicyclic) bond motifs is 3. The second kappa shape index (κ2) is 16.8. The number of hydrogen-bond donors (Lipinski definition) is 0. The number of rotatable bonds is 9. The predicted octanol–water partition coefficient (Wildman–Crippen LogP) is 11.3. The van der Waals surface area contributed by atoms with Crippen LogP contribution in [0.3, 0.4) is 0 Å². The van der Waals surface area contributed by atoms with Gasteiger partial charge in [-0.05, 0) is 43.4 Å².